The first-order chi connectivity index (χ1) is 15.9. The lowest BCUT2D eigenvalue weighted by Crippen LogP contribution is -2.32. The standard InChI is InChI=1S/C27H33N3O3/c1-16(2)25-21-10-18(27(31)30-14-19-12-29(3)13-20(19)15-30)6-8-22(21)28-26(25)17-7-9-23(32-4)24(11-17)33-5/h6-11,16,19-20,28H,12-15H2,1-5H3. The number of likely N-dealkylation sites (tertiary alicyclic amines) is 2. The maximum Gasteiger partial charge on any atom is 0.253 e. The maximum atomic E-state index is 13.4. The van der Waals surface area contributed by atoms with Gasteiger partial charge in [-0.15, -0.1) is 0 Å². The SMILES string of the molecule is COc1ccc(-c2[nH]c3ccc(C(=O)N4CC5CN(C)CC5C4)cc3c2C(C)C)cc1OC. The first-order valence-corrected chi connectivity index (χ1v) is 11.8. The van der Waals surface area contributed by atoms with Crippen molar-refractivity contribution in [1.82, 2.24) is 14.8 Å². The molecule has 0 spiro atoms. The molecule has 1 amide bonds. The minimum absolute atomic E-state index is 0.150. The zero-order valence-corrected chi connectivity index (χ0v) is 20.1. The van der Waals surface area contributed by atoms with Crippen molar-refractivity contribution in [1.29, 1.82) is 0 Å². The average molecular weight is 448 g/mol. The monoisotopic (exact) mass is 447 g/mol. The van der Waals surface area contributed by atoms with Gasteiger partial charge in [-0.25, -0.2) is 0 Å². The Bertz CT molecular complexity index is 1180. The number of nitrogens with zero attached hydrogens (tertiary/aromatic N) is 2. The Morgan fingerprint density at radius 1 is 0.970 bits per heavy atom. The number of benzene rings is 2. The number of hydrogen-bond donors (Lipinski definition) is 1. The second-order valence-corrected chi connectivity index (χ2v) is 9.85. The molecular formula is C27H33N3O3. The highest BCUT2D eigenvalue weighted by atomic mass is 16.5. The van der Waals surface area contributed by atoms with Gasteiger partial charge in [0.2, 0.25) is 0 Å². The summed E-state index contributed by atoms with van der Waals surface area (Å²) in [5, 5.41) is 1.11. The Labute approximate surface area is 195 Å². The second-order valence-electron chi connectivity index (χ2n) is 9.85. The van der Waals surface area contributed by atoms with E-state index in [1.165, 1.54) is 5.56 Å². The van der Waals surface area contributed by atoms with Gasteiger partial charge >= 0.3 is 0 Å². The number of amides is 1. The molecule has 0 saturated carbocycles. The van der Waals surface area contributed by atoms with Crippen LogP contribution < -0.4 is 9.47 Å². The van der Waals surface area contributed by atoms with E-state index in [1.807, 2.05) is 30.3 Å². The first kappa shape index (κ1) is 21.8. The number of rotatable bonds is 5. The van der Waals surface area contributed by atoms with Crippen molar-refractivity contribution in [3.63, 3.8) is 0 Å². The molecule has 2 atom stereocenters. The maximum absolute atomic E-state index is 13.4. The van der Waals surface area contributed by atoms with Gasteiger partial charge in [0.1, 0.15) is 0 Å². The van der Waals surface area contributed by atoms with Crippen LogP contribution in [-0.4, -0.2) is 68.1 Å². The Kier molecular flexibility index (Phi) is 5.57. The Hall–Kier alpha value is -2.99. The highest BCUT2D eigenvalue weighted by molar-refractivity contribution is 6.01. The van der Waals surface area contributed by atoms with E-state index in [4.69, 9.17) is 9.47 Å². The molecule has 0 radical (unpaired) electrons. The van der Waals surface area contributed by atoms with Gasteiger partial charge in [-0.2, -0.15) is 0 Å². The fourth-order valence-corrected chi connectivity index (χ4v) is 5.74. The molecule has 174 valence electrons. The molecular weight excluding hydrogens is 414 g/mol. The fraction of sp³-hybridized carbons (Fsp3) is 0.444. The van der Waals surface area contributed by atoms with Gasteiger partial charge in [0.05, 0.1) is 19.9 Å². The molecule has 6 heteroatoms. The molecule has 5 rings (SSSR count). The van der Waals surface area contributed by atoms with Crippen molar-refractivity contribution in [3.05, 3.63) is 47.5 Å². The number of methoxy groups -OCH3 is 2. The third-order valence-electron chi connectivity index (χ3n) is 7.29. The van der Waals surface area contributed by atoms with E-state index < -0.39 is 0 Å². The summed E-state index contributed by atoms with van der Waals surface area (Å²) in [5.41, 5.74) is 5.13. The van der Waals surface area contributed by atoms with Gasteiger partial charge in [-0.05, 0) is 66.8 Å². The number of carbonyl (C=O) groups excluding carboxylic acids is 1. The zero-order valence-electron chi connectivity index (χ0n) is 20.1. The summed E-state index contributed by atoms with van der Waals surface area (Å²) < 4.78 is 10.9. The number of H-pyrrole nitrogens is 1. The largest absolute Gasteiger partial charge is 0.493 e. The predicted molar refractivity (Wildman–Crippen MR) is 131 cm³/mol. The van der Waals surface area contributed by atoms with Crippen molar-refractivity contribution in [3.8, 4) is 22.8 Å². The average Bonchev–Trinajstić information content (AvgIpc) is 3.48. The topological polar surface area (TPSA) is 57.8 Å². The van der Waals surface area contributed by atoms with Crippen molar-refractivity contribution in [2.75, 3.05) is 47.4 Å². The smallest absolute Gasteiger partial charge is 0.253 e. The third-order valence-corrected chi connectivity index (χ3v) is 7.29. The molecule has 1 N–H and O–H groups in total. The minimum atomic E-state index is 0.150. The molecule has 2 saturated heterocycles. The van der Waals surface area contributed by atoms with Crippen molar-refractivity contribution in [2.45, 2.75) is 19.8 Å². The fourth-order valence-electron chi connectivity index (χ4n) is 5.74. The molecule has 0 bridgehead atoms. The number of ether oxygens (including phenoxy) is 2. The van der Waals surface area contributed by atoms with Crippen LogP contribution in [0.3, 0.4) is 0 Å². The van der Waals surface area contributed by atoms with E-state index in [-0.39, 0.29) is 11.8 Å². The van der Waals surface area contributed by atoms with Gasteiger partial charge in [-0.3, -0.25) is 4.79 Å². The first-order valence-electron chi connectivity index (χ1n) is 11.8. The van der Waals surface area contributed by atoms with E-state index in [2.05, 4.69) is 41.7 Å². The molecule has 2 aliphatic rings. The summed E-state index contributed by atoms with van der Waals surface area (Å²) in [5.74, 6) is 3.06. The van der Waals surface area contributed by atoms with E-state index in [0.29, 0.717) is 23.3 Å². The van der Waals surface area contributed by atoms with Gasteiger partial charge in [0, 0.05) is 48.2 Å². The zero-order chi connectivity index (χ0) is 23.3. The van der Waals surface area contributed by atoms with Crippen LogP contribution in [0.5, 0.6) is 11.5 Å². The van der Waals surface area contributed by atoms with Gasteiger partial charge in [-0.1, -0.05) is 13.8 Å². The van der Waals surface area contributed by atoms with Crippen LogP contribution in [-0.2, 0) is 0 Å². The van der Waals surface area contributed by atoms with Gasteiger partial charge < -0.3 is 24.3 Å². The lowest BCUT2D eigenvalue weighted by Gasteiger charge is -2.19. The van der Waals surface area contributed by atoms with Crippen LogP contribution in [0, 0.1) is 11.8 Å². The van der Waals surface area contributed by atoms with Crippen LogP contribution in [0.2, 0.25) is 0 Å². The lowest BCUT2D eigenvalue weighted by molar-refractivity contribution is 0.0776. The number of carbonyl (C=O) groups is 1. The summed E-state index contributed by atoms with van der Waals surface area (Å²) in [6.45, 7) is 8.31. The van der Waals surface area contributed by atoms with Crippen molar-refractivity contribution < 1.29 is 14.3 Å². The number of hydrogen-bond acceptors (Lipinski definition) is 4. The van der Waals surface area contributed by atoms with E-state index in [9.17, 15) is 4.79 Å². The molecule has 2 unspecified atom stereocenters. The number of aromatic nitrogens is 1. The van der Waals surface area contributed by atoms with E-state index in [0.717, 1.165) is 53.9 Å². The van der Waals surface area contributed by atoms with Crippen LogP contribution >= 0.6 is 0 Å². The molecule has 0 aliphatic carbocycles. The Balaban J connectivity index is 1.51. The number of aromatic amines is 1. The Morgan fingerprint density at radius 3 is 2.30 bits per heavy atom. The number of nitrogens with one attached hydrogen (secondary N) is 1. The van der Waals surface area contributed by atoms with E-state index in [1.54, 1.807) is 14.2 Å². The second kappa shape index (κ2) is 8.41. The van der Waals surface area contributed by atoms with E-state index >= 15 is 0 Å². The predicted octanol–water partition coefficient (Wildman–Crippen LogP) is 4.61. The molecule has 2 fully saturated rings. The molecule has 3 aromatic rings. The normalized spacial score (nSPS) is 20.6. The van der Waals surface area contributed by atoms with Crippen LogP contribution in [0.1, 0.15) is 35.7 Å². The van der Waals surface area contributed by atoms with Gasteiger partial charge in [0.25, 0.3) is 5.91 Å². The summed E-state index contributed by atoms with van der Waals surface area (Å²) in [7, 11) is 5.47. The summed E-state index contributed by atoms with van der Waals surface area (Å²) in [6.07, 6.45) is 0. The Morgan fingerprint density at radius 2 is 1.67 bits per heavy atom. The van der Waals surface area contributed by atoms with Crippen LogP contribution in [0.4, 0.5) is 0 Å². The quantitative estimate of drug-likeness (QED) is 0.621. The minimum Gasteiger partial charge on any atom is -0.493 e. The highest BCUT2D eigenvalue weighted by Gasteiger charge is 2.40. The van der Waals surface area contributed by atoms with Crippen molar-refractivity contribution in [2.24, 2.45) is 11.8 Å². The molecule has 33 heavy (non-hydrogen) atoms. The molecule has 3 heterocycles. The third kappa shape index (κ3) is 3.76. The summed E-state index contributed by atoms with van der Waals surface area (Å²) in [6, 6.07) is 12.1. The number of fused-ring (bicyclic) bond motifs is 2. The van der Waals surface area contributed by atoms with Crippen LogP contribution in [0.25, 0.3) is 22.2 Å². The molecule has 2 aliphatic heterocycles. The lowest BCUT2D eigenvalue weighted by atomic mass is 9.95. The summed E-state index contributed by atoms with van der Waals surface area (Å²) in [4.78, 5) is 21.4. The molecule has 1 aromatic heterocycles. The highest BCUT2D eigenvalue weighted by Crippen LogP contribution is 2.39. The van der Waals surface area contributed by atoms with Gasteiger partial charge in [0.15, 0.2) is 11.5 Å². The molecule has 2 aromatic carbocycles. The molecule has 6 nitrogen and oxygen atoms in total. The van der Waals surface area contributed by atoms with Crippen molar-refractivity contribution >= 4 is 16.8 Å². The summed E-state index contributed by atoms with van der Waals surface area (Å²) >= 11 is 0. The van der Waals surface area contributed by atoms with Crippen LogP contribution in [0.15, 0.2) is 36.4 Å².